The molecule has 0 bridgehead atoms. The lowest BCUT2D eigenvalue weighted by molar-refractivity contribution is -0.201. The first-order valence-corrected chi connectivity index (χ1v) is 5.30. The molecule has 1 fully saturated rings. The Hall–Kier alpha value is -2.55. The van der Waals surface area contributed by atoms with Crippen molar-refractivity contribution in [2.24, 2.45) is 5.73 Å². The van der Waals surface area contributed by atoms with Crippen molar-refractivity contribution in [2.45, 2.75) is 19.0 Å². The second-order valence-electron chi connectivity index (χ2n) is 3.82. The number of carbonyl (C=O) groups excluding carboxylic acids is 5. The third-order valence-electron chi connectivity index (χ3n) is 2.55. The van der Waals surface area contributed by atoms with E-state index in [9.17, 15) is 24.0 Å². The van der Waals surface area contributed by atoms with Gasteiger partial charge in [-0.3, -0.25) is 19.2 Å². The van der Waals surface area contributed by atoms with Gasteiger partial charge in [-0.15, -0.1) is 5.06 Å². The number of nitrogens with zero attached hydrogens (tertiary/aromatic N) is 2. The number of hydroxylamine groups is 2. The minimum absolute atomic E-state index is 0.0650. The van der Waals surface area contributed by atoms with Crippen molar-refractivity contribution in [2.75, 3.05) is 0 Å². The van der Waals surface area contributed by atoms with Crippen LogP contribution in [0.4, 0.5) is 0 Å². The van der Waals surface area contributed by atoms with Crippen molar-refractivity contribution < 1.29 is 28.8 Å². The van der Waals surface area contributed by atoms with Gasteiger partial charge in [0.05, 0.1) is 0 Å². The van der Waals surface area contributed by atoms with Crippen LogP contribution in [0.1, 0.15) is 12.8 Å². The van der Waals surface area contributed by atoms with Crippen LogP contribution in [0.5, 0.6) is 0 Å². The summed E-state index contributed by atoms with van der Waals surface area (Å²) in [5.74, 6) is -4.14. The Morgan fingerprint density at radius 1 is 1.11 bits per heavy atom. The molecule has 0 aromatic heterocycles. The van der Waals surface area contributed by atoms with Crippen LogP contribution in [0.25, 0.3) is 0 Å². The smallest absolute Gasteiger partial charge is 0.326 e. The molecule has 2 heterocycles. The fourth-order valence-electron chi connectivity index (χ4n) is 1.59. The molecular weight excluding hydrogens is 258 g/mol. The Kier molecular flexibility index (Phi) is 3.13. The van der Waals surface area contributed by atoms with Crippen LogP contribution in [0, 0.1) is 0 Å². The molecule has 9 heteroatoms. The van der Waals surface area contributed by atoms with Crippen molar-refractivity contribution in [3.8, 4) is 0 Å². The van der Waals surface area contributed by atoms with E-state index in [0.717, 1.165) is 12.2 Å². The number of carbonyl (C=O) groups is 5. The van der Waals surface area contributed by atoms with Crippen molar-refractivity contribution >= 4 is 29.6 Å². The zero-order valence-electron chi connectivity index (χ0n) is 9.57. The summed E-state index contributed by atoms with van der Waals surface area (Å²) in [7, 11) is 0. The van der Waals surface area contributed by atoms with Gasteiger partial charge in [-0.1, -0.05) is 0 Å². The molecule has 0 aromatic rings. The van der Waals surface area contributed by atoms with E-state index < -0.39 is 35.8 Å². The minimum Gasteiger partial charge on any atom is -0.326 e. The van der Waals surface area contributed by atoms with E-state index in [1.807, 2.05) is 0 Å². The van der Waals surface area contributed by atoms with E-state index in [-0.39, 0.29) is 12.8 Å². The van der Waals surface area contributed by atoms with Crippen LogP contribution in [-0.4, -0.2) is 45.7 Å². The molecule has 9 nitrogen and oxygen atoms in total. The van der Waals surface area contributed by atoms with Gasteiger partial charge >= 0.3 is 5.97 Å². The molecular formula is C10H9N3O6. The van der Waals surface area contributed by atoms with E-state index in [0.29, 0.717) is 9.96 Å². The highest BCUT2D eigenvalue weighted by Crippen LogP contribution is 2.14. The van der Waals surface area contributed by atoms with Crippen molar-refractivity contribution in [3.05, 3.63) is 12.2 Å². The Labute approximate surface area is 106 Å². The Morgan fingerprint density at radius 3 is 2.05 bits per heavy atom. The third-order valence-corrected chi connectivity index (χ3v) is 2.55. The lowest BCUT2D eigenvalue weighted by Crippen LogP contribution is -2.53. The summed E-state index contributed by atoms with van der Waals surface area (Å²) in [5.41, 5.74) is 5.39. The van der Waals surface area contributed by atoms with Gasteiger partial charge in [0.25, 0.3) is 23.6 Å². The average Bonchev–Trinajstić information content (AvgIpc) is 2.85. The number of hydrogen-bond donors (Lipinski definition) is 1. The Balaban J connectivity index is 2.04. The lowest BCUT2D eigenvalue weighted by Gasteiger charge is -2.22. The maximum Gasteiger partial charge on any atom is 0.370 e. The maximum atomic E-state index is 11.6. The molecule has 1 unspecified atom stereocenters. The van der Waals surface area contributed by atoms with Gasteiger partial charge in [-0.05, 0) is 0 Å². The first-order chi connectivity index (χ1) is 8.91. The lowest BCUT2D eigenvalue weighted by atomic mass is 10.4. The molecule has 1 saturated heterocycles. The predicted molar refractivity (Wildman–Crippen MR) is 56.1 cm³/mol. The van der Waals surface area contributed by atoms with Crippen molar-refractivity contribution in [1.29, 1.82) is 0 Å². The van der Waals surface area contributed by atoms with Gasteiger partial charge in [0, 0.05) is 25.0 Å². The highest BCUT2D eigenvalue weighted by atomic mass is 16.7. The quantitative estimate of drug-likeness (QED) is 0.575. The summed E-state index contributed by atoms with van der Waals surface area (Å²) in [6.45, 7) is 0. The highest BCUT2D eigenvalue weighted by Gasteiger charge is 2.39. The fraction of sp³-hybridized carbons (Fsp3) is 0.300. The summed E-state index contributed by atoms with van der Waals surface area (Å²) < 4.78 is 0. The van der Waals surface area contributed by atoms with Crippen molar-refractivity contribution in [1.82, 2.24) is 9.96 Å². The molecule has 2 N–H and O–H groups in total. The van der Waals surface area contributed by atoms with E-state index >= 15 is 0 Å². The molecule has 0 spiro atoms. The predicted octanol–water partition coefficient (Wildman–Crippen LogP) is -2.20. The highest BCUT2D eigenvalue weighted by molar-refractivity contribution is 6.14. The number of nitrogens with two attached hydrogens (primary N) is 1. The summed E-state index contributed by atoms with van der Waals surface area (Å²) >= 11 is 0. The summed E-state index contributed by atoms with van der Waals surface area (Å²) in [5, 5.41) is 0.292. The summed E-state index contributed by atoms with van der Waals surface area (Å²) in [6, 6.07) is 0. The monoisotopic (exact) mass is 267 g/mol. The molecule has 4 amide bonds. The van der Waals surface area contributed by atoms with E-state index in [1.165, 1.54) is 0 Å². The fourth-order valence-corrected chi connectivity index (χ4v) is 1.59. The van der Waals surface area contributed by atoms with E-state index in [4.69, 9.17) is 5.73 Å². The van der Waals surface area contributed by atoms with Crippen molar-refractivity contribution in [3.63, 3.8) is 0 Å². The number of rotatable bonds is 3. The van der Waals surface area contributed by atoms with Crippen LogP contribution in [0.2, 0.25) is 0 Å². The third kappa shape index (κ3) is 2.22. The first kappa shape index (κ1) is 12.9. The Bertz CT molecular complexity index is 491. The largest absolute Gasteiger partial charge is 0.370 e. The normalized spacial score (nSPS) is 20.5. The average molecular weight is 267 g/mol. The summed E-state index contributed by atoms with van der Waals surface area (Å²) in [4.78, 5) is 61.6. The molecule has 0 aromatic carbocycles. The van der Waals surface area contributed by atoms with Crippen LogP contribution < -0.4 is 5.73 Å². The van der Waals surface area contributed by atoms with Gasteiger partial charge in [-0.25, -0.2) is 9.69 Å². The molecule has 0 aliphatic carbocycles. The minimum atomic E-state index is -1.71. The van der Waals surface area contributed by atoms with Crippen LogP contribution in [0.3, 0.4) is 0 Å². The molecule has 1 atom stereocenters. The molecule has 2 aliphatic rings. The van der Waals surface area contributed by atoms with Gasteiger partial charge in [-0.2, -0.15) is 0 Å². The molecule has 0 saturated carbocycles. The Morgan fingerprint density at radius 2 is 1.58 bits per heavy atom. The van der Waals surface area contributed by atoms with E-state index in [2.05, 4.69) is 4.84 Å². The van der Waals surface area contributed by atoms with Gasteiger partial charge < -0.3 is 10.6 Å². The van der Waals surface area contributed by atoms with Crippen LogP contribution >= 0.6 is 0 Å². The SMILES string of the molecule is NC(C(=O)ON1C(=O)CCC1=O)N1C(=O)C=CC1=O. The molecule has 100 valence electrons. The van der Waals surface area contributed by atoms with Gasteiger partial charge in [0.2, 0.25) is 0 Å². The second-order valence-corrected chi connectivity index (χ2v) is 3.82. The molecule has 0 radical (unpaired) electrons. The maximum absolute atomic E-state index is 11.6. The van der Waals surface area contributed by atoms with Crippen LogP contribution in [0.15, 0.2) is 12.2 Å². The van der Waals surface area contributed by atoms with E-state index in [1.54, 1.807) is 0 Å². The molecule has 2 rings (SSSR count). The topological polar surface area (TPSA) is 127 Å². The standard InChI is InChI=1S/C10H9N3O6/c11-9(12-5(14)1-2-6(12)15)10(18)19-13-7(16)3-4-8(13)17/h1-2,9H,3-4,11H2. The molecule has 19 heavy (non-hydrogen) atoms. The zero-order valence-corrected chi connectivity index (χ0v) is 9.57. The molecule has 2 aliphatic heterocycles. The van der Waals surface area contributed by atoms with Gasteiger partial charge in [0.15, 0.2) is 6.17 Å². The second kappa shape index (κ2) is 4.61. The van der Waals surface area contributed by atoms with Crippen LogP contribution in [-0.2, 0) is 28.8 Å². The number of imide groups is 2. The first-order valence-electron chi connectivity index (χ1n) is 5.30. The zero-order chi connectivity index (χ0) is 14.2. The number of hydrogen-bond acceptors (Lipinski definition) is 7. The van der Waals surface area contributed by atoms with Gasteiger partial charge in [0.1, 0.15) is 0 Å². The number of amides is 4. The summed E-state index contributed by atoms with van der Waals surface area (Å²) in [6.07, 6.45) is 0.0503.